The number of nitrogens with one attached hydrogen (secondary N) is 1. The molecule has 0 aliphatic rings. The first kappa shape index (κ1) is 12.6. The Bertz CT molecular complexity index is 500. The zero-order valence-electron chi connectivity index (χ0n) is 10.2. The number of rotatable bonds is 7. The van der Waals surface area contributed by atoms with Gasteiger partial charge in [0.1, 0.15) is 0 Å². The van der Waals surface area contributed by atoms with Gasteiger partial charge < -0.3 is 20.5 Å². The van der Waals surface area contributed by atoms with Gasteiger partial charge in [-0.1, -0.05) is 0 Å². The molecule has 2 aromatic rings. The molecule has 0 radical (unpaired) electrons. The van der Waals surface area contributed by atoms with Crippen molar-refractivity contribution in [2.75, 3.05) is 44.5 Å². The summed E-state index contributed by atoms with van der Waals surface area (Å²) >= 11 is 0. The summed E-state index contributed by atoms with van der Waals surface area (Å²) in [7, 11) is 1.64. The molecule has 0 bridgehead atoms. The second-order valence-electron chi connectivity index (χ2n) is 3.70. The molecule has 0 saturated carbocycles. The van der Waals surface area contributed by atoms with Gasteiger partial charge in [0.05, 0.1) is 31.2 Å². The Morgan fingerprint density at radius 1 is 1.22 bits per heavy atom. The van der Waals surface area contributed by atoms with Crippen LogP contribution in [0.1, 0.15) is 0 Å². The molecule has 0 amide bonds. The first-order valence-corrected chi connectivity index (χ1v) is 5.64. The normalized spacial score (nSPS) is 10.9. The van der Waals surface area contributed by atoms with Gasteiger partial charge in [0.15, 0.2) is 11.0 Å². The van der Waals surface area contributed by atoms with Crippen LogP contribution >= 0.6 is 0 Å². The number of nitrogens with zero attached hydrogens (tertiary/aromatic N) is 2. The van der Waals surface area contributed by atoms with Gasteiger partial charge in [-0.05, 0) is 22.4 Å². The third kappa shape index (κ3) is 2.88. The van der Waals surface area contributed by atoms with E-state index in [1.807, 2.05) is 6.07 Å². The maximum atomic E-state index is 5.75. The minimum Gasteiger partial charge on any atom is -0.397 e. The van der Waals surface area contributed by atoms with E-state index in [1.165, 1.54) is 0 Å². The van der Waals surface area contributed by atoms with E-state index in [-0.39, 0.29) is 0 Å². The number of hydrogen-bond donors (Lipinski definition) is 2. The van der Waals surface area contributed by atoms with E-state index < -0.39 is 0 Å². The number of fused-ring (bicyclic) bond motifs is 1. The maximum Gasteiger partial charge on any atom is 0.160 e. The number of methoxy groups -OCH3 is 1. The lowest BCUT2D eigenvalue weighted by atomic mass is 10.2. The van der Waals surface area contributed by atoms with E-state index in [0.717, 1.165) is 5.69 Å². The summed E-state index contributed by atoms with van der Waals surface area (Å²) in [5.74, 6) is 0. The maximum absolute atomic E-state index is 5.75. The summed E-state index contributed by atoms with van der Waals surface area (Å²) in [6, 6.07) is 3.61. The van der Waals surface area contributed by atoms with Gasteiger partial charge in [-0.3, -0.25) is 0 Å². The van der Waals surface area contributed by atoms with Crippen LogP contribution in [0, 0.1) is 0 Å². The molecule has 1 aromatic heterocycles. The Labute approximate surface area is 104 Å². The molecule has 98 valence electrons. The molecular formula is C11H16N4O3. The number of hydrogen-bond acceptors (Lipinski definition) is 7. The molecular weight excluding hydrogens is 236 g/mol. The second kappa shape index (κ2) is 6.18. The van der Waals surface area contributed by atoms with Gasteiger partial charge in [-0.15, -0.1) is 0 Å². The molecule has 7 nitrogen and oxygen atoms in total. The highest BCUT2D eigenvalue weighted by atomic mass is 16.6. The highest BCUT2D eigenvalue weighted by molar-refractivity contribution is 5.94. The van der Waals surface area contributed by atoms with Crippen LogP contribution in [0.25, 0.3) is 11.0 Å². The van der Waals surface area contributed by atoms with Gasteiger partial charge in [0.25, 0.3) is 0 Å². The third-order valence-electron chi connectivity index (χ3n) is 2.44. The van der Waals surface area contributed by atoms with Crippen molar-refractivity contribution in [2.24, 2.45) is 0 Å². The van der Waals surface area contributed by atoms with Crippen LogP contribution in [0.2, 0.25) is 0 Å². The Morgan fingerprint density at radius 3 is 2.89 bits per heavy atom. The van der Waals surface area contributed by atoms with Crippen LogP contribution in [0.3, 0.4) is 0 Å². The molecule has 0 aliphatic heterocycles. The van der Waals surface area contributed by atoms with Gasteiger partial charge in [-0.25, -0.2) is 4.63 Å². The number of benzene rings is 1. The number of nitrogens with two attached hydrogens (primary N) is 1. The number of nitrogen functional groups attached to an aromatic ring is 1. The van der Waals surface area contributed by atoms with Gasteiger partial charge in [-0.2, -0.15) is 0 Å². The van der Waals surface area contributed by atoms with Crippen molar-refractivity contribution in [3.63, 3.8) is 0 Å². The second-order valence-corrected chi connectivity index (χ2v) is 3.70. The van der Waals surface area contributed by atoms with E-state index in [9.17, 15) is 0 Å². The first-order chi connectivity index (χ1) is 8.83. The summed E-state index contributed by atoms with van der Waals surface area (Å²) in [5, 5.41) is 10.8. The zero-order chi connectivity index (χ0) is 12.8. The van der Waals surface area contributed by atoms with Crippen LogP contribution in [0.5, 0.6) is 0 Å². The van der Waals surface area contributed by atoms with Crippen LogP contribution in [-0.4, -0.2) is 43.8 Å². The smallest absolute Gasteiger partial charge is 0.160 e. The predicted molar refractivity (Wildman–Crippen MR) is 67.4 cm³/mol. The molecule has 0 saturated heterocycles. The van der Waals surface area contributed by atoms with E-state index in [2.05, 4.69) is 20.3 Å². The number of ether oxygens (including phenoxy) is 2. The predicted octanol–water partition coefficient (Wildman–Crippen LogP) is 0.880. The summed E-state index contributed by atoms with van der Waals surface area (Å²) < 4.78 is 14.9. The molecule has 1 heterocycles. The van der Waals surface area contributed by atoms with Crippen molar-refractivity contribution < 1.29 is 14.1 Å². The van der Waals surface area contributed by atoms with Gasteiger partial charge >= 0.3 is 0 Å². The Kier molecular flexibility index (Phi) is 4.32. The van der Waals surface area contributed by atoms with Crippen molar-refractivity contribution in [1.29, 1.82) is 0 Å². The van der Waals surface area contributed by atoms with Crippen molar-refractivity contribution in [3.05, 3.63) is 12.1 Å². The fraction of sp³-hybridized carbons (Fsp3) is 0.455. The molecule has 18 heavy (non-hydrogen) atoms. The van der Waals surface area contributed by atoms with Crippen LogP contribution < -0.4 is 11.1 Å². The molecule has 1 aromatic carbocycles. The SMILES string of the molecule is COCCOCCNc1ccc(N)c2nonc12. The van der Waals surface area contributed by atoms with E-state index in [4.69, 9.17) is 15.2 Å². The van der Waals surface area contributed by atoms with Gasteiger partial charge in [0, 0.05) is 13.7 Å². The van der Waals surface area contributed by atoms with Crippen molar-refractivity contribution in [2.45, 2.75) is 0 Å². The summed E-state index contributed by atoms with van der Waals surface area (Å²) in [5.41, 5.74) is 8.33. The molecule has 0 fully saturated rings. The van der Waals surface area contributed by atoms with E-state index in [0.29, 0.717) is 43.1 Å². The van der Waals surface area contributed by atoms with Crippen LogP contribution in [0.15, 0.2) is 16.8 Å². The lowest BCUT2D eigenvalue weighted by Gasteiger charge is -2.07. The van der Waals surface area contributed by atoms with E-state index >= 15 is 0 Å². The Hall–Kier alpha value is -1.86. The van der Waals surface area contributed by atoms with Crippen molar-refractivity contribution in [3.8, 4) is 0 Å². The zero-order valence-corrected chi connectivity index (χ0v) is 10.2. The summed E-state index contributed by atoms with van der Waals surface area (Å²) in [4.78, 5) is 0. The summed E-state index contributed by atoms with van der Waals surface area (Å²) in [6.45, 7) is 2.43. The Balaban J connectivity index is 1.88. The number of aromatic nitrogens is 2. The third-order valence-corrected chi connectivity index (χ3v) is 2.44. The van der Waals surface area contributed by atoms with Gasteiger partial charge in [0.2, 0.25) is 0 Å². The lowest BCUT2D eigenvalue weighted by molar-refractivity contribution is 0.0759. The molecule has 0 atom stereocenters. The Morgan fingerprint density at radius 2 is 2.06 bits per heavy atom. The standard InChI is InChI=1S/C11H16N4O3/c1-16-6-7-17-5-4-13-9-3-2-8(12)10-11(9)15-18-14-10/h2-3,13H,4-7,12H2,1H3. The van der Waals surface area contributed by atoms with Crippen molar-refractivity contribution >= 4 is 22.4 Å². The highest BCUT2D eigenvalue weighted by Crippen LogP contribution is 2.24. The average molecular weight is 252 g/mol. The monoisotopic (exact) mass is 252 g/mol. The van der Waals surface area contributed by atoms with E-state index in [1.54, 1.807) is 13.2 Å². The van der Waals surface area contributed by atoms with Crippen LogP contribution in [0.4, 0.5) is 11.4 Å². The molecule has 0 spiro atoms. The quantitative estimate of drug-likeness (QED) is 0.557. The minimum atomic E-state index is 0.549. The fourth-order valence-corrected chi connectivity index (χ4v) is 1.53. The minimum absolute atomic E-state index is 0.549. The summed E-state index contributed by atoms with van der Waals surface area (Å²) in [6.07, 6.45) is 0. The molecule has 2 rings (SSSR count). The first-order valence-electron chi connectivity index (χ1n) is 5.64. The fourth-order valence-electron chi connectivity index (χ4n) is 1.53. The lowest BCUT2D eigenvalue weighted by Crippen LogP contribution is -2.12. The van der Waals surface area contributed by atoms with Crippen LogP contribution in [-0.2, 0) is 9.47 Å². The molecule has 0 unspecified atom stereocenters. The number of anilines is 2. The molecule has 3 N–H and O–H groups in total. The molecule has 0 aliphatic carbocycles. The highest BCUT2D eigenvalue weighted by Gasteiger charge is 2.09. The van der Waals surface area contributed by atoms with Crippen molar-refractivity contribution in [1.82, 2.24) is 10.3 Å². The largest absolute Gasteiger partial charge is 0.397 e. The topological polar surface area (TPSA) is 95.4 Å². The molecule has 7 heteroatoms. The average Bonchev–Trinajstić information content (AvgIpc) is 2.86.